The molecule has 1 atom stereocenters. The van der Waals surface area contributed by atoms with E-state index in [9.17, 15) is 4.79 Å². The maximum atomic E-state index is 12.0. The average Bonchev–Trinajstić information content (AvgIpc) is 2.38. The van der Waals surface area contributed by atoms with Gasteiger partial charge in [0.25, 0.3) is 5.56 Å². The second-order valence-corrected chi connectivity index (χ2v) is 5.31. The van der Waals surface area contributed by atoms with Crippen LogP contribution in [0.2, 0.25) is 0 Å². The molecule has 1 aliphatic rings. The van der Waals surface area contributed by atoms with Gasteiger partial charge in [-0.2, -0.15) is 0 Å². The van der Waals surface area contributed by atoms with Crippen LogP contribution in [0.3, 0.4) is 0 Å². The van der Waals surface area contributed by atoms with Crippen LogP contribution in [-0.4, -0.2) is 29.2 Å². The molecule has 1 aromatic rings. The molecule has 1 aliphatic heterocycles. The van der Waals surface area contributed by atoms with Crippen molar-refractivity contribution in [3.8, 4) is 0 Å². The van der Waals surface area contributed by atoms with Crippen molar-refractivity contribution >= 4 is 5.82 Å². The molecule has 0 saturated carbocycles. The predicted octanol–water partition coefficient (Wildman–Crippen LogP) is 1.06. The zero-order chi connectivity index (χ0) is 13.0. The quantitative estimate of drug-likeness (QED) is 0.839. The molecule has 0 bridgehead atoms. The molecule has 1 saturated heterocycles. The normalized spacial score (nSPS) is 23.9. The van der Waals surface area contributed by atoms with Crippen LogP contribution < -0.4 is 16.2 Å². The highest BCUT2D eigenvalue weighted by Crippen LogP contribution is 2.25. The third-order valence-electron chi connectivity index (χ3n) is 3.62. The first kappa shape index (κ1) is 13.1. The summed E-state index contributed by atoms with van der Waals surface area (Å²) in [7, 11) is 0. The molecule has 0 aliphatic carbocycles. The molecule has 1 fully saturated rings. The maximum absolute atomic E-state index is 12.0. The summed E-state index contributed by atoms with van der Waals surface area (Å²) < 4.78 is 1.66. The van der Waals surface area contributed by atoms with Crippen molar-refractivity contribution in [1.29, 1.82) is 0 Å². The van der Waals surface area contributed by atoms with E-state index in [-0.39, 0.29) is 11.0 Å². The minimum atomic E-state index is -0.0348. The summed E-state index contributed by atoms with van der Waals surface area (Å²) in [5, 5.41) is 6.62. The molecule has 0 amide bonds. The SMILES string of the molecule is CCn1ccnc(NCC2(C)CCCNC2)c1=O. The first-order valence-electron chi connectivity index (χ1n) is 6.65. The lowest BCUT2D eigenvalue weighted by Gasteiger charge is -2.34. The summed E-state index contributed by atoms with van der Waals surface area (Å²) in [5.74, 6) is 0.464. The van der Waals surface area contributed by atoms with Crippen molar-refractivity contribution in [2.24, 2.45) is 5.41 Å². The minimum absolute atomic E-state index is 0.0348. The number of piperidine rings is 1. The fourth-order valence-electron chi connectivity index (χ4n) is 2.38. The number of nitrogens with zero attached hydrogens (tertiary/aromatic N) is 2. The Morgan fingerprint density at radius 3 is 3.11 bits per heavy atom. The van der Waals surface area contributed by atoms with Crippen molar-refractivity contribution in [3.63, 3.8) is 0 Å². The van der Waals surface area contributed by atoms with Gasteiger partial charge in [0.2, 0.25) is 0 Å². The Labute approximate surface area is 108 Å². The third-order valence-corrected chi connectivity index (χ3v) is 3.62. The third kappa shape index (κ3) is 2.90. The standard InChI is InChI=1S/C13H22N4O/c1-3-17-8-7-15-11(12(17)18)16-10-13(2)5-4-6-14-9-13/h7-8,14H,3-6,9-10H2,1-2H3,(H,15,16). The van der Waals surface area contributed by atoms with E-state index < -0.39 is 0 Å². The highest BCUT2D eigenvalue weighted by Gasteiger charge is 2.26. The molecular weight excluding hydrogens is 228 g/mol. The molecule has 2 N–H and O–H groups in total. The number of anilines is 1. The molecule has 5 nitrogen and oxygen atoms in total. The van der Waals surface area contributed by atoms with E-state index in [4.69, 9.17) is 0 Å². The first-order valence-corrected chi connectivity index (χ1v) is 6.65. The smallest absolute Gasteiger partial charge is 0.293 e. The van der Waals surface area contributed by atoms with Crippen molar-refractivity contribution in [3.05, 3.63) is 22.7 Å². The summed E-state index contributed by atoms with van der Waals surface area (Å²) in [5.41, 5.74) is 0.173. The van der Waals surface area contributed by atoms with Crippen molar-refractivity contribution in [2.75, 3.05) is 25.0 Å². The van der Waals surface area contributed by atoms with E-state index in [1.54, 1.807) is 17.0 Å². The Balaban J connectivity index is 2.04. The summed E-state index contributed by atoms with van der Waals surface area (Å²) in [4.78, 5) is 16.1. The van der Waals surface area contributed by atoms with Crippen LogP contribution in [0.5, 0.6) is 0 Å². The van der Waals surface area contributed by atoms with E-state index in [0.717, 1.165) is 19.6 Å². The highest BCUT2D eigenvalue weighted by molar-refractivity contribution is 5.31. The Bertz CT molecular complexity index is 449. The van der Waals surface area contributed by atoms with Crippen LogP contribution in [-0.2, 0) is 6.54 Å². The van der Waals surface area contributed by atoms with Gasteiger partial charge < -0.3 is 15.2 Å². The lowest BCUT2D eigenvalue weighted by atomic mass is 9.83. The largest absolute Gasteiger partial charge is 0.365 e. The van der Waals surface area contributed by atoms with E-state index in [2.05, 4.69) is 22.5 Å². The summed E-state index contributed by atoms with van der Waals surface area (Å²) in [6.07, 6.45) is 5.77. The number of hydrogen-bond donors (Lipinski definition) is 2. The van der Waals surface area contributed by atoms with Crippen molar-refractivity contribution < 1.29 is 0 Å². The van der Waals surface area contributed by atoms with Gasteiger partial charge in [-0.25, -0.2) is 4.98 Å². The molecule has 1 unspecified atom stereocenters. The van der Waals surface area contributed by atoms with Crippen LogP contribution in [0.15, 0.2) is 17.2 Å². The number of rotatable bonds is 4. The molecular formula is C13H22N4O. The Hall–Kier alpha value is -1.36. The van der Waals surface area contributed by atoms with Crippen molar-refractivity contribution in [1.82, 2.24) is 14.9 Å². The van der Waals surface area contributed by atoms with E-state index in [1.165, 1.54) is 12.8 Å². The van der Waals surface area contributed by atoms with E-state index >= 15 is 0 Å². The summed E-state index contributed by atoms with van der Waals surface area (Å²) >= 11 is 0. The molecule has 0 aromatic carbocycles. The van der Waals surface area contributed by atoms with Gasteiger partial charge in [0.05, 0.1) is 0 Å². The maximum Gasteiger partial charge on any atom is 0.293 e. The number of aryl methyl sites for hydroxylation is 1. The molecule has 0 radical (unpaired) electrons. The van der Waals surface area contributed by atoms with Gasteiger partial charge in [0, 0.05) is 32.0 Å². The molecule has 2 rings (SSSR count). The predicted molar refractivity (Wildman–Crippen MR) is 72.9 cm³/mol. The Morgan fingerprint density at radius 2 is 2.44 bits per heavy atom. The highest BCUT2D eigenvalue weighted by atomic mass is 16.1. The van der Waals surface area contributed by atoms with Crippen molar-refractivity contribution in [2.45, 2.75) is 33.2 Å². The summed E-state index contributed by atoms with van der Waals surface area (Å²) in [6, 6.07) is 0. The minimum Gasteiger partial charge on any atom is -0.365 e. The zero-order valence-corrected chi connectivity index (χ0v) is 11.2. The van der Waals surface area contributed by atoms with Crippen LogP contribution in [0, 0.1) is 5.41 Å². The van der Waals surface area contributed by atoms with Gasteiger partial charge in [0.15, 0.2) is 5.82 Å². The zero-order valence-electron chi connectivity index (χ0n) is 11.2. The second-order valence-electron chi connectivity index (χ2n) is 5.31. The first-order chi connectivity index (χ1) is 8.64. The van der Waals surface area contributed by atoms with Gasteiger partial charge in [0.1, 0.15) is 0 Å². The topological polar surface area (TPSA) is 59.0 Å². The van der Waals surface area contributed by atoms with Crippen LogP contribution >= 0.6 is 0 Å². The van der Waals surface area contributed by atoms with Gasteiger partial charge in [-0.15, -0.1) is 0 Å². The molecule has 0 spiro atoms. The fraction of sp³-hybridized carbons (Fsp3) is 0.692. The number of hydrogen-bond acceptors (Lipinski definition) is 4. The van der Waals surface area contributed by atoms with Crippen LogP contribution in [0.25, 0.3) is 0 Å². The molecule has 5 heteroatoms. The molecule has 2 heterocycles. The average molecular weight is 250 g/mol. The summed E-state index contributed by atoms with van der Waals surface area (Å²) in [6.45, 7) is 7.76. The Morgan fingerprint density at radius 1 is 1.61 bits per heavy atom. The Kier molecular flexibility index (Phi) is 4.01. The van der Waals surface area contributed by atoms with Crippen LogP contribution in [0.4, 0.5) is 5.82 Å². The number of nitrogens with one attached hydrogen (secondary N) is 2. The molecule has 18 heavy (non-hydrogen) atoms. The second kappa shape index (κ2) is 5.52. The van der Waals surface area contributed by atoms with Gasteiger partial charge >= 0.3 is 0 Å². The molecule has 1 aromatic heterocycles. The monoisotopic (exact) mass is 250 g/mol. The molecule has 100 valence electrons. The lowest BCUT2D eigenvalue weighted by Crippen LogP contribution is -2.43. The van der Waals surface area contributed by atoms with Gasteiger partial charge in [-0.05, 0) is 31.7 Å². The van der Waals surface area contributed by atoms with Gasteiger partial charge in [-0.1, -0.05) is 6.92 Å². The van der Waals surface area contributed by atoms with E-state index in [0.29, 0.717) is 12.4 Å². The van der Waals surface area contributed by atoms with Crippen LogP contribution in [0.1, 0.15) is 26.7 Å². The number of aromatic nitrogens is 2. The van der Waals surface area contributed by atoms with E-state index in [1.807, 2.05) is 6.92 Å². The fourth-order valence-corrected chi connectivity index (χ4v) is 2.38. The lowest BCUT2D eigenvalue weighted by molar-refractivity contribution is 0.253. The van der Waals surface area contributed by atoms with Gasteiger partial charge in [-0.3, -0.25) is 4.79 Å².